The maximum absolute atomic E-state index is 10.9. The van der Waals surface area contributed by atoms with Crippen LogP contribution in [-0.4, -0.2) is 25.8 Å². The average Bonchev–Trinajstić information content (AvgIpc) is 2.20. The number of nitrogens with two attached hydrogens (primary N) is 1. The molecule has 0 unspecified atom stereocenters. The molecular formula is C8H10N4O6. The minimum atomic E-state index is -2.02. The first-order valence-corrected chi connectivity index (χ1v) is 4.71. The van der Waals surface area contributed by atoms with E-state index in [0.29, 0.717) is 0 Å². The summed E-state index contributed by atoms with van der Waals surface area (Å²) in [6.07, 6.45) is 1.44. The van der Waals surface area contributed by atoms with Gasteiger partial charge in [0.05, 0.1) is 22.0 Å². The van der Waals surface area contributed by atoms with Gasteiger partial charge in [-0.2, -0.15) is 0 Å². The van der Waals surface area contributed by atoms with Gasteiger partial charge >= 0.3 is 0 Å². The normalized spacial score (nSPS) is 31.3. The second-order valence-electron chi connectivity index (χ2n) is 4.26. The van der Waals surface area contributed by atoms with Crippen molar-refractivity contribution in [3.8, 4) is 0 Å². The lowest BCUT2D eigenvalue weighted by molar-refractivity contribution is -0.543. The zero-order valence-electron chi connectivity index (χ0n) is 9.52. The van der Waals surface area contributed by atoms with Crippen molar-refractivity contribution in [2.24, 2.45) is 5.73 Å². The molecule has 1 rings (SSSR count). The van der Waals surface area contributed by atoms with Gasteiger partial charge in [-0.05, 0) is 6.92 Å². The Bertz CT molecular complexity index is 472. The molecule has 0 aromatic carbocycles. The molecule has 10 nitrogen and oxygen atoms in total. The van der Waals surface area contributed by atoms with Crippen LogP contribution in [0.3, 0.4) is 0 Å². The average molecular weight is 258 g/mol. The van der Waals surface area contributed by atoms with Crippen molar-refractivity contribution in [1.82, 2.24) is 0 Å². The smallest absolute Gasteiger partial charge is 0.280 e. The Morgan fingerprint density at radius 1 is 1.00 bits per heavy atom. The van der Waals surface area contributed by atoms with Crippen LogP contribution in [0.5, 0.6) is 0 Å². The zero-order chi connectivity index (χ0) is 14.3. The molecule has 0 aliphatic heterocycles. The van der Waals surface area contributed by atoms with E-state index in [9.17, 15) is 30.3 Å². The van der Waals surface area contributed by atoms with Crippen LogP contribution in [0.25, 0.3) is 0 Å². The summed E-state index contributed by atoms with van der Waals surface area (Å²) in [6, 6.07) is 0. The van der Waals surface area contributed by atoms with Gasteiger partial charge in [-0.1, -0.05) is 0 Å². The molecule has 0 aromatic rings. The summed E-state index contributed by atoms with van der Waals surface area (Å²) in [5.74, 6) is 0. The second-order valence-corrected chi connectivity index (χ2v) is 4.26. The summed E-state index contributed by atoms with van der Waals surface area (Å²) >= 11 is 0. The summed E-state index contributed by atoms with van der Waals surface area (Å²) in [6.45, 7) is 2.09. The molecule has 98 valence electrons. The Hall–Kier alpha value is -2.36. The summed E-state index contributed by atoms with van der Waals surface area (Å²) in [4.78, 5) is 29.8. The first-order chi connectivity index (χ1) is 8.02. The Balaban J connectivity index is 3.55. The van der Waals surface area contributed by atoms with Crippen molar-refractivity contribution in [1.29, 1.82) is 0 Å². The molecule has 1 aliphatic carbocycles. The SMILES string of the molecule is CC1(N)C([N+](=O)[O-])=CC(C)([N+](=O)[O-])C=C1[N+](=O)[O-]. The molecule has 0 atom stereocenters. The van der Waals surface area contributed by atoms with E-state index >= 15 is 0 Å². The van der Waals surface area contributed by atoms with Crippen LogP contribution in [0.2, 0.25) is 0 Å². The van der Waals surface area contributed by atoms with Crippen LogP contribution in [0.15, 0.2) is 23.5 Å². The fraction of sp³-hybridized carbons (Fsp3) is 0.500. The van der Waals surface area contributed by atoms with Crippen LogP contribution >= 0.6 is 0 Å². The van der Waals surface area contributed by atoms with E-state index in [1.165, 1.54) is 0 Å². The second kappa shape index (κ2) is 3.84. The lowest BCUT2D eigenvalue weighted by Gasteiger charge is -2.25. The van der Waals surface area contributed by atoms with Gasteiger partial charge in [0.15, 0.2) is 5.54 Å². The van der Waals surface area contributed by atoms with Crippen LogP contribution in [0.4, 0.5) is 0 Å². The van der Waals surface area contributed by atoms with Gasteiger partial charge in [0.2, 0.25) is 0 Å². The highest BCUT2D eigenvalue weighted by Gasteiger charge is 2.55. The molecule has 0 amide bonds. The standard InChI is InChI=1S/C8H10N4O6/c1-7(12(17)18)3-5(10(13)14)8(2,9)6(4-7)11(15)16/h3-4H,9H2,1-2H3. The number of rotatable bonds is 3. The minimum absolute atomic E-state index is 0.722. The largest absolute Gasteiger partial charge is 0.307 e. The highest BCUT2D eigenvalue weighted by atomic mass is 16.6. The quantitative estimate of drug-likeness (QED) is 0.554. The Morgan fingerprint density at radius 2 is 1.33 bits per heavy atom. The molecule has 10 heteroatoms. The van der Waals surface area contributed by atoms with Crippen LogP contribution in [0, 0.1) is 30.3 Å². The lowest BCUT2D eigenvalue weighted by Crippen LogP contribution is -2.51. The minimum Gasteiger partial charge on any atom is -0.307 e. The number of nitro groups is 3. The highest BCUT2D eigenvalue weighted by Crippen LogP contribution is 2.34. The third-order valence-electron chi connectivity index (χ3n) is 2.71. The van der Waals surface area contributed by atoms with E-state index in [1.54, 1.807) is 0 Å². The fourth-order valence-electron chi connectivity index (χ4n) is 1.62. The summed E-state index contributed by atoms with van der Waals surface area (Å²) in [7, 11) is 0. The Kier molecular flexibility index (Phi) is 2.92. The van der Waals surface area contributed by atoms with E-state index < -0.39 is 37.2 Å². The lowest BCUT2D eigenvalue weighted by atomic mass is 9.82. The fourth-order valence-corrected chi connectivity index (χ4v) is 1.62. The predicted molar refractivity (Wildman–Crippen MR) is 58.1 cm³/mol. The van der Waals surface area contributed by atoms with Crippen molar-refractivity contribution >= 4 is 0 Å². The molecule has 18 heavy (non-hydrogen) atoms. The van der Waals surface area contributed by atoms with Crippen molar-refractivity contribution in [3.05, 3.63) is 53.9 Å². The Morgan fingerprint density at radius 3 is 1.56 bits per heavy atom. The summed E-state index contributed by atoms with van der Waals surface area (Å²) in [5, 5.41) is 32.5. The molecule has 0 spiro atoms. The number of nitrogens with zero attached hydrogens (tertiary/aromatic N) is 3. The van der Waals surface area contributed by atoms with Crippen molar-refractivity contribution in [3.63, 3.8) is 0 Å². The van der Waals surface area contributed by atoms with Crippen molar-refractivity contribution in [2.75, 3.05) is 0 Å². The molecule has 0 fully saturated rings. The van der Waals surface area contributed by atoms with E-state index in [0.717, 1.165) is 26.0 Å². The van der Waals surface area contributed by atoms with Crippen LogP contribution in [0.1, 0.15) is 13.8 Å². The molecule has 1 aliphatic rings. The van der Waals surface area contributed by atoms with E-state index in [-0.39, 0.29) is 0 Å². The first-order valence-electron chi connectivity index (χ1n) is 4.71. The predicted octanol–water partition coefficient (Wildman–Crippen LogP) is 0.0740. The maximum Gasteiger partial charge on any atom is 0.280 e. The van der Waals surface area contributed by atoms with Gasteiger partial charge in [-0.3, -0.25) is 30.3 Å². The third kappa shape index (κ3) is 1.93. The van der Waals surface area contributed by atoms with E-state index in [4.69, 9.17) is 5.73 Å². The monoisotopic (exact) mass is 258 g/mol. The van der Waals surface area contributed by atoms with Gasteiger partial charge in [0, 0.05) is 11.8 Å². The molecular weight excluding hydrogens is 248 g/mol. The van der Waals surface area contributed by atoms with E-state index in [1.807, 2.05) is 0 Å². The topological polar surface area (TPSA) is 155 Å². The third-order valence-corrected chi connectivity index (χ3v) is 2.71. The van der Waals surface area contributed by atoms with Gasteiger partial charge in [-0.25, -0.2) is 0 Å². The summed E-state index contributed by atoms with van der Waals surface area (Å²) in [5.41, 5.74) is 0.00380. The molecule has 0 saturated carbocycles. The Labute approximate surface area is 100 Å². The molecule has 0 radical (unpaired) electrons. The maximum atomic E-state index is 10.9. The van der Waals surface area contributed by atoms with Gasteiger partial charge in [0.1, 0.15) is 0 Å². The van der Waals surface area contributed by atoms with Gasteiger partial charge < -0.3 is 5.73 Å². The van der Waals surface area contributed by atoms with Crippen molar-refractivity contribution in [2.45, 2.75) is 24.9 Å². The molecule has 0 aromatic heterocycles. The number of hydrogen-bond acceptors (Lipinski definition) is 7. The first kappa shape index (κ1) is 13.7. The van der Waals surface area contributed by atoms with Gasteiger partial charge in [-0.15, -0.1) is 0 Å². The highest BCUT2D eigenvalue weighted by molar-refractivity contribution is 5.36. The number of hydrogen-bond donors (Lipinski definition) is 1. The molecule has 0 saturated heterocycles. The van der Waals surface area contributed by atoms with Crippen LogP contribution in [-0.2, 0) is 0 Å². The van der Waals surface area contributed by atoms with Gasteiger partial charge in [0.25, 0.3) is 16.9 Å². The van der Waals surface area contributed by atoms with Crippen LogP contribution < -0.4 is 5.73 Å². The molecule has 0 bridgehead atoms. The zero-order valence-corrected chi connectivity index (χ0v) is 9.52. The summed E-state index contributed by atoms with van der Waals surface area (Å²) < 4.78 is 0. The molecule has 2 N–H and O–H groups in total. The molecule has 0 heterocycles. The van der Waals surface area contributed by atoms with Crippen molar-refractivity contribution < 1.29 is 14.8 Å². The van der Waals surface area contributed by atoms with E-state index in [2.05, 4.69) is 0 Å².